The SMILES string of the molecule is COC(=O)c1ccc(C(F)(F)C(F)(F)F)cc1F. The summed E-state index contributed by atoms with van der Waals surface area (Å²) in [6.07, 6.45) is -5.84. The van der Waals surface area contributed by atoms with Gasteiger partial charge in [-0.2, -0.15) is 22.0 Å². The Morgan fingerprint density at radius 3 is 2.11 bits per heavy atom. The topological polar surface area (TPSA) is 26.3 Å². The number of carbonyl (C=O) groups excluding carboxylic acids is 1. The lowest BCUT2D eigenvalue weighted by Gasteiger charge is -2.20. The van der Waals surface area contributed by atoms with Crippen LogP contribution in [0.3, 0.4) is 0 Å². The number of rotatable bonds is 2. The lowest BCUT2D eigenvalue weighted by Crippen LogP contribution is -2.33. The van der Waals surface area contributed by atoms with Crippen LogP contribution in [-0.2, 0) is 10.7 Å². The predicted molar refractivity (Wildman–Crippen MR) is 47.7 cm³/mol. The molecule has 18 heavy (non-hydrogen) atoms. The lowest BCUT2D eigenvalue weighted by atomic mass is 10.1. The van der Waals surface area contributed by atoms with E-state index in [-0.39, 0.29) is 6.07 Å². The highest BCUT2D eigenvalue weighted by Crippen LogP contribution is 2.44. The molecule has 0 spiro atoms. The Bertz CT molecular complexity index is 466. The zero-order chi connectivity index (χ0) is 14.1. The van der Waals surface area contributed by atoms with Gasteiger partial charge in [0.2, 0.25) is 0 Å². The number of hydrogen-bond acceptors (Lipinski definition) is 2. The van der Waals surface area contributed by atoms with E-state index in [0.29, 0.717) is 12.1 Å². The highest BCUT2D eigenvalue weighted by atomic mass is 19.4. The van der Waals surface area contributed by atoms with Crippen LogP contribution in [-0.4, -0.2) is 19.3 Å². The van der Waals surface area contributed by atoms with Gasteiger partial charge in [0, 0.05) is 5.56 Å². The van der Waals surface area contributed by atoms with E-state index in [1.807, 2.05) is 0 Å². The molecule has 0 aromatic heterocycles. The quantitative estimate of drug-likeness (QED) is 0.610. The third kappa shape index (κ3) is 2.41. The van der Waals surface area contributed by atoms with E-state index >= 15 is 0 Å². The molecule has 0 heterocycles. The molecule has 0 radical (unpaired) electrons. The van der Waals surface area contributed by atoms with Crippen LogP contribution in [0, 0.1) is 5.82 Å². The largest absolute Gasteiger partial charge is 0.465 e. The maximum absolute atomic E-state index is 13.2. The smallest absolute Gasteiger partial charge is 0.458 e. The van der Waals surface area contributed by atoms with Gasteiger partial charge in [0.1, 0.15) is 5.82 Å². The van der Waals surface area contributed by atoms with Crippen LogP contribution < -0.4 is 0 Å². The first kappa shape index (κ1) is 14.3. The number of hydrogen-bond donors (Lipinski definition) is 0. The van der Waals surface area contributed by atoms with E-state index in [9.17, 15) is 31.1 Å². The van der Waals surface area contributed by atoms with Crippen molar-refractivity contribution in [2.24, 2.45) is 0 Å². The average molecular weight is 272 g/mol. The molecule has 2 nitrogen and oxygen atoms in total. The van der Waals surface area contributed by atoms with Crippen molar-refractivity contribution in [3.63, 3.8) is 0 Å². The summed E-state index contributed by atoms with van der Waals surface area (Å²) in [5.41, 5.74) is -2.31. The van der Waals surface area contributed by atoms with E-state index in [2.05, 4.69) is 4.74 Å². The van der Waals surface area contributed by atoms with Crippen LogP contribution in [0.25, 0.3) is 0 Å². The number of methoxy groups -OCH3 is 1. The van der Waals surface area contributed by atoms with Crippen LogP contribution in [0.15, 0.2) is 18.2 Å². The standard InChI is InChI=1S/C10H6F6O2/c1-18-8(17)6-3-2-5(4-7(6)11)9(12,13)10(14,15)16/h2-4H,1H3. The van der Waals surface area contributed by atoms with E-state index in [0.717, 1.165) is 7.11 Å². The van der Waals surface area contributed by atoms with E-state index < -0.39 is 35.0 Å². The summed E-state index contributed by atoms with van der Waals surface area (Å²) in [6, 6.07) is 0.790. The fourth-order valence-corrected chi connectivity index (χ4v) is 1.15. The molecule has 0 saturated carbocycles. The molecule has 0 atom stereocenters. The van der Waals surface area contributed by atoms with Gasteiger partial charge in [-0.3, -0.25) is 0 Å². The zero-order valence-corrected chi connectivity index (χ0v) is 8.82. The van der Waals surface area contributed by atoms with Crippen LogP contribution in [0.2, 0.25) is 0 Å². The van der Waals surface area contributed by atoms with Gasteiger partial charge in [-0.15, -0.1) is 0 Å². The molecule has 0 saturated heterocycles. The molecule has 0 aliphatic heterocycles. The molecule has 0 aliphatic carbocycles. The van der Waals surface area contributed by atoms with Gasteiger partial charge in [0.25, 0.3) is 0 Å². The first-order valence-corrected chi connectivity index (χ1v) is 4.44. The summed E-state index contributed by atoms with van der Waals surface area (Å²) in [4.78, 5) is 10.9. The van der Waals surface area contributed by atoms with Gasteiger partial charge >= 0.3 is 18.1 Å². The molecule has 1 aromatic rings. The van der Waals surface area contributed by atoms with Gasteiger partial charge in [0.05, 0.1) is 12.7 Å². The fraction of sp³-hybridized carbons (Fsp3) is 0.300. The second kappa shape index (κ2) is 4.51. The summed E-state index contributed by atoms with van der Waals surface area (Å²) in [6.45, 7) is 0. The molecule has 0 unspecified atom stereocenters. The molecular formula is C10H6F6O2. The van der Waals surface area contributed by atoms with Crippen molar-refractivity contribution in [3.05, 3.63) is 35.1 Å². The monoisotopic (exact) mass is 272 g/mol. The van der Waals surface area contributed by atoms with Crippen molar-refractivity contribution in [3.8, 4) is 0 Å². The van der Waals surface area contributed by atoms with Crippen molar-refractivity contribution >= 4 is 5.97 Å². The maximum atomic E-state index is 13.2. The van der Waals surface area contributed by atoms with Crippen molar-refractivity contribution in [2.75, 3.05) is 7.11 Å². The van der Waals surface area contributed by atoms with Crippen LogP contribution in [0.4, 0.5) is 26.3 Å². The molecule has 100 valence electrons. The first-order valence-electron chi connectivity index (χ1n) is 4.44. The van der Waals surface area contributed by atoms with E-state index in [4.69, 9.17) is 0 Å². The molecular weight excluding hydrogens is 266 g/mol. The minimum atomic E-state index is -5.84. The van der Waals surface area contributed by atoms with Gasteiger partial charge in [-0.25, -0.2) is 9.18 Å². The van der Waals surface area contributed by atoms with Gasteiger partial charge in [-0.1, -0.05) is 6.07 Å². The predicted octanol–water partition coefficient (Wildman–Crippen LogP) is 3.27. The number of benzene rings is 1. The molecule has 8 heteroatoms. The Labute approximate surface area is 97.2 Å². The van der Waals surface area contributed by atoms with Crippen molar-refractivity contribution < 1.29 is 35.9 Å². The highest BCUT2D eigenvalue weighted by Gasteiger charge is 2.58. The van der Waals surface area contributed by atoms with E-state index in [1.54, 1.807) is 0 Å². The van der Waals surface area contributed by atoms with Gasteiger partial charge in [0.15, 0.2) is 0 Å². The van der Waals surface area contributed by atoms with Crippen LogP contribution in [0.1, 0.15) is 15.9 Å². The fourth-order valence-electron chi connectivity index (χ4n) is 1.15. The highest BCUT2D eigenvalue weighted by molar-refractivity contribution is 5.89. The lowest BCUT2D eigenvalue weighted by molar-refractivity contribution is -0.289. The normalized spacial score (nSPS) is 12.4. The van der Waals surface area contributed by atoms with Gasteiger partial charge < -0.3 is 4.74 Å². The number of ether oxygens (including phenoxy) is 1. The Balaban J connectivity index is 3.24. The van der Waals surface area contributed by atoms with Crippen LogP contribution in [0.5, 0.6) is 0 Å². The Hall–Kier alpha value is -1.73. The van der Waals surface area contributed by atoms with Crippen molar-refractivity contribution in [1.82, 2.24) is 0 Å². The second-order valence-corrected chi connectivity index (χ2v) is 3.26. The molecule has 0 fully saturated rings. The van der Waals surface area contributed by atoms with Crippen molar-refractivity contribution in [2.45, 2.75) is 12.1 Å². The molecule has 0 bridgehead atoms. The molecule has 0 N–H and O–H groups in total. The first-order chi connectivity index (χ1) is 8.11. The zero-order valence-electron chi connectivity index (χ0n) is 8.82. The summed E-state index contributed by atoms with van der Waals surface area (Å²) in [5.74, 6) is -7.87. The molecule has 1 aromatic carbocycles. The minimum absolute atomic E-state index is 0.0419. The number of alkyl halides is 5. The number of carbonyl (C=O) groups is 1. The third-order valence-corrected chi connectivity index (χ3v) is 2.09. The maximum Gasteiger partial charge on any atom is 0.458 e. The third-order valence-electron chi connectivity index (χ3n) is 2.09. The van der Waals surface area contributed by atoms with Gasteiger partial charge in [-0.05, 0) is 12.1 Å². The van der Waals surface area contributed by atoms with E-state index in [1.165, 1.54) is 0 Å². The Kier molecular flexibility index (Phi) is 3.59. The second-order valence-electron chi connectivity index (χ2n) is 3.26. The minimum Gasteiger partial charge on any atom is -0.465 e. The van der Waals surface area contributed by atoms with Crippen molar-refractivity contribution in [1.29, 1.82) is 0 Å². The summed E-state index contributed by atoms with van der Waals surface area (Å²) < 4.78 is 79.1. The summed E-state index contributed by atoms with van der Waals surface area (Å²) in [5, 5.41) is 0. The number of esters is 1. The summed E-state index contributed by atoms with van der Waals surface area (Å²) >= 11 is 0. The average Bonchev–Trinajstić information content (AvgIpc) is 2.26. The Morgan fingerprint density at radius 1 is 1.17 bits per heavy atom. The molecule has 0 aliphatic rings. The Morgan fingerprint density at radius 2 is 1.72 bits per heavy atom. The van der Waals surface area contributed by atoms with Crippen LogP contribution >= 0.6 is 0 Å². The molecule has 1 rings (SSSR count). The molecule has 0 amide bonds. The number of halogens is 6. The summed E-state index contributed by atoms with van der Waals surface area (Å²) in [7, 11) is 0.917.